The van der Waals surface area contributed by atoms with Crippen molar-refractivity contribution in [1.29, 1.82) is 0 Å². The highest BCUT2D eigenvalue weighted by atomic mass is 35.5. The summed E-state index contributed by atoms with van der Waals surface area (Å²) < 4.78 is 7.33. The van der Waals surface area contributed by atoms with Crippen LogP contribution in [0.5, 0.6) is 11.5 Å². The summed E-state index contributed by atoms with van der Waals surface area (Å²) in [6, 6.07) is 8.83. The molecule has 7 heteroatoms. The van der Waals surface area contributed by atoms with E-state index in [9.17, 15) is 9.90 Å². The third-order valence-electron chi connectivity index (χ3n) is 4.89. The Morgan fingerprint density at radius 3 is 2.47 bits per heavy atom. The van der Waals surface area contributed by atoms with Gasteiger partial charge in [0.2, 0.25) is 0 Å². The zero-order chi connectivity index (χ0) is 22.0. The molecule has 3 rings (SSSR count). The number of rotatable bonds is 6. The maximum atomic E-state index is 12.6. The van der Waals surface area contributed by atoms with E-state index in [0.29, 0.717) is 11.4 Å². The van der Waals surface area contributed by atoms with Crippen molar-refractivity contribution in [2.75, 3.05) is 5.32 Å². The number of carbonyl (C=O) groups is 1. The highest BCUT2D eigenvalue weighted by Gasteiger charge is 2.15. The van der Waals surface area contributed by atoms with E-state index in [1.54, 1.807) is 29.1 Å². The van der Waals surface area contributed by atoms with Crippen LogP contribution in [-0.4, -0.2) is 20.8 Å². The highest BCUT2D eigenvalue weighted by molar-refractivity contribution is 6.32. The van der Waals surface area contributed by atoms with Gasteiger partial charge in [-0.3, -0.25) is 4.79 Å². The Kier molecular flexibility index (Phi) is 6.37. The quantitative estimate of drug-likeness (QED) is 0.503. The van der Waals surface area contributed by atoms with Crippen molar-refractivity contribution in [2.24, 2.45) is 0 Å². The summed E-state index contributed by atoms with van der Waals surface area (Å²) in [7, 11) is 0. The third-order valence-corrected chi connectivity index (χ3v) is 5.49. The van der Waals surface area contributed by atoms with E-state index in [0.717, 1.165) is 27.3 Å². The van der Waals surface area contributed by atoms with Gasteiger partial charge in [-0.05, 0) is 79.3 Å². The van der Waals surface area contributed by atoms with Gasteiger partial charge < -0.3 is 15.2 Å². The summed E-state index contributed by atoms with van der Waals surface area (Å²) in [5.41, 5.74) is 4.37. The molecule has 158 valence electrons. The number of phenols is 1. The first-order chi connectivity index (χ1) is 14.2. The van der Waals surface area contributed by atoms with Gasteiger partial charge in [0.25, 0.3) is 5.91 Å². The predicted octanol–water partition coefficient (Wildman–Crippen LogP) is 5.58. The molecule has 0 aliphatic carbocycles. The number of benzene rings is 2. The zero-order valence-electron chi connectivity index (χ0n) is 17.8. The number of aryl methyl sites for hydroxylation is 3. The van der Waals surface area contributed by atoms with Crippen molar-refractivity contribution in [2.45, 2.75) is 47.3 Å². The van der Waals surface area contributed by atoms with Crippen molar-refractivity contribution in [3.05, 3.63) is 69.5 Å². The average Bonchev–Trinajstić information content (AvgIpc) is 3.15. The van der Waals surface area contributed by atoms with E-state index in [1.807, 2.05) is 46.8 Å². The molecule has 3 aromatic rings. The molecule has 2 aromatic carbocycles. The summed E-state index contributed by atoms with van der Waals surface area (Å²) in [6.45, 7) is 9.83. The van der Waals surface area contributed by atoms with Crippen LogP contribution < -0.4 is 10.1 Å². The van der Waals surface area contributed by atoms with Gasteiger partial charge in [-0.2, -0.15) is 5.10 Å². The van der Waals surface area contributed by atoms with Crippen molar-refractivity contribution in [1.82, 2.24) is 9.78 Å². The van der Waals surface area contributed by atoms with Gasteiger partial charge in [0.05, 0.1) is 0 Å². The number of nitrogens with zero attached hydrogens (tertiary/aromatic N) is 2. The Hall–Kier alpha value is -2.99. The molecule has 0 atom stereocenters. The van der Waals surface area contributed by atoms with Crippen molar-refractivity contribution in [3.8, 4) is 11.5 Å². The SMILES string of the molecule is Cc1cc(O)c(C(C)C)cc1NC(=O)c1ccn(COc2cc(C)c(Cl)c(C)c2)n1. The van der Waals surface area contributed by atoms with Crippen LogP contribution in [0.25, 0.3) is 0 Å². The topological polar surface area (TPSA) is 76.4 Å². The number of aromatic hydroxyl groups is 1. The summed E-state index contributed by atoms with van der Waals surface area (Å²) in [5.74, 6) is 0.736. The number of carbonyl (C=O) groups excluding carboxylic acids is 1. The van der Waals surface area contributed by atoms with Gasteiger partial charge >= 0.3 is 0 Å². The second-order valence-corrected chi connectivity index (χ2v) is 8.10. The number of anilines is 1. The second kappa shape index (κ2) is 8.79. The molecule has 0 aliphatic heterocycles. The maximum Gasteiger partial charge on any atom is 0.276 e. The number of phenolic OH excluding ortho intramolecular Hbond substituents is 1. The lowest BCUT2D eigenvalue weighted by atomic mass is 9.99. The molecular weight excluding hydrogens is 402 g/mol. The number of halogens is 1. The van der Waals surface area contributed by atoms with Crippen LogP contribution >= 0.6 is 11.6 Å². The summed E-state index contributed by atoms with van der Waals surface area (Å²) >= 11 is 6.19. The minimum atomic E-state index is -0.324. The Morgan fingerprint density at radius 1 is 1.17 bits per heavy atom. The first-order valence-corrected chi connectivity index (χ1v) is 10.1. The summed E-state index contributed by atoms with van der Waals surface area (Å²) in [6.07, 6.45) is 1.69. The van der Waals surface area contributed by atoms with Crippen LogP contribution in [0.1, 0.15) is 52.5 Å². The van der Waals surface area contributed by atoms with Gasteiger partial charge in [-0.1, -0.05) is 25.4 Å². The molecule has 1 amide bonds. The van der Waals surface area contributed by atoms with Crippen LogP contribution in [0, 0.1) is 20.8 Å². The minimum Gasteiger partial charge on any atom is -0.508 e. The standard InChI is InChI=1S/C23H26ClN3O3/c1-13(2)18-11-20(14(3)10-21(18)28)25-23(29)19-6-7-27(26-19)12-30-17-8-15(4)22(24)16(5)9-17/h6-11,13,28H,12H2,1-5H3,(H,25,29). The number of nitrogens with one attached hydrogen (secondary N) is 1. The number of aromatic nitrogens is 2. The highest BCUT2D eigenvalue weighted by Crippen LogP contribution is 2.31. The Morgan fingerprint density at radius 2 is 1.83 bits per heavy atom. The molecule has 0 aliphatic rings. The molecule has 0 bridgehead atoms. The van der Waals surface area contributed by atoms with Gasteiger partial charge in [0.15, 0.2) is 12.4 Å². The number of ether oxygens (including phenoxy) is 1. The largest absolute Gasteiger partial charge is 0.508 e. The van der Waals surface area contributed by atoms with E-state index in [1.165, 1.54) is 0 Å². The third kappa shape index (κ3) is 4.76. The van der Waals surface area contributed by atoms with Crippen LogP contribution in [0.2, 0.25) is 5.02 Å². The normalized spacial score (nSPS) is 11.0. The zero-order valence-corrected chi connectivity index (χ0v) is 18.5. The lowest BCUT2D eigenvalue weighted by molar-refractivity contribution is 0.102. The van der Waals surface area contributed by atoms with Gasteiger partial charge in [0.1, 0.15) is 11.5 Å². The Bertz CT molecular complexity index is 1070. The summed E-state index contributed by atoms with van der Waals surface area (Å²) in [5, 5.41) is 18.0. The maximum absolute atomic E-state index is 12.6. The molecule has 1 aromatic heterocycles. The van der Waals surface area contributed by atoms with Crippen LogP contribution in [0.3, 0.4) is 0 Å². The van der Waals surface area contributed by atoms with Crippen LogP contribution in [-0.2, 0) is 6.73 Å². The first-order valence-electron chi connectivity index (χ1n) is 9.73. The monoisotopic (exact) mass is 427 g/mol. The van der Waals surface area contributed by atoms with Crippen molar-refractivity contribution >= 4 is 23.2 Å². The molecule has 0 fully saturated rings. The number of hydrogen-bond acceptors (Lipinski definition) is 4. The molecule has 2 N–H and O–H groups in total. The molecule has 0 spiro atoms. The van der Waals surface area contributed by atoms with Gasteiger partial charge in [-0.15, -0.1) is 0 Å². The fourth-order valence-electron chi connectivity index (χ4n) is 3.18. The van der Waals surface area contributed by atoms with Gasteiger partial charge in [-0.25, -0.2) is 4.68 Å². The van der Waals surface area contributed by atoms with E-state index >= 15 is 0 Å². The minimum absolute atomic E-state index is 0.137. The Labute approximate surface area is 181 Å². The average molecular weight is 428 g/mol. The van der Waals surface area contributed by atoms with E-state index in [2.05, 4.69) is 10.4 Å². The van der Waals surface area contributed by atoms with E-state index < -0.39 is 0 Å². The van der Waals surface area contributed by atoms with Gasteiger partial charge in [0, 0.05) is 16.9 Å². The lowest BCUT2D eigenvalue weighted by Crippen LogP contribution is -2.15. The van der Waals surface area contributed by atoms with Crippen molar-refractivity contribution in [3.63, 3.8) is 0 Å². The lowest BCUT2D eigenvalue weighted by Gasteiger charge is -2.14. The number of amides is 1. The molecule has 1 heterocycles. The fourth-order valence-corrected chi connectivity index (χ4v) is 3.29. The van der Waals surface area contributed by atoms with Crippen LogP contribution in [0.4, 0.5) is 5.69 Å². The van der Waals surface area contributed by atoms with Crippen LogP contribution in [0.15, 0.2) is 36.5 Å². The van der Waals surface area contributed by atoms with E-state index in [-0.39, 0.29) is 30.0 Å². The summed E-state index contributed by atoms with van der Waals surface area (Å²) in [4.78, 5) is 12.6. The number of hydrogen-bond donors (Lipinski definition) is 2. The Balaban J connectivity index is 1.69. The smallest absolute Gasteiger partial charge is 0.276 e. The molecule has 0 unspecified atom stereocenters. The molecule has 6 nitrogen and oxygen atoms in total. The molecule has 0 saturated heterocycles. The first kappa shape index (κ1) is 21.7. The second-order valence-electron chi connectivity index (χ2n) is 7.72. The predicted molar refractivity (Wildman–Crippen MR) is 119 cm³/mol. The molecule has 0 radical (unpaired) electrons. The molecule has 0 saturated carbocycles. The molecule has 30 heavy (non-hydrogen) atoms. The molecular formula is C23H26ClN3O3. The van der Waals surface area contributed by atoms with Crippen molar-refractivity contribution < 1.29 is 14.6 Å². The van der Waals surface area contributed by atoms with E-state index in [4.69, 9.17) is 16.3 Å². The fraction of sp³-hybridized carbons (Fsp3) is 0.304.